The molecule has 12 heteroatoms. The number of methoxy groups -OCH3 is 1. The second-order valence-corrected chi connectivity index (χ2v) is 14.6. The first-order valence-corrected chi connectivity index (χ1v) is 16.4. The Hall–Kier alpha value is -2.99. The number of likely N-dealkylation sites (tertiary alicyclic amines) is 1. The van der Waals surface area contributed by atoms with Gasteiger partial charge < -0.3 is 34.2 Å². The van der Waals surface area contributed by atoms with Crippen molar-refractivity contribution in [3.63, 3.8) is 0 Å². The van der Waals surface area contributed by atoms with Gasteiger partial charge in [0.05, 0.1) is 18.6 Å². The van der Waals surface area contributed by atoms with Crippen LogP contribution in [0, 0.1) is 11.8 Å². The Morgan fingerprint density at radius 3 is 2.47 bits per heavy atom. The molecule has 1 N–H and O–H groups in total. The van der Waals surface area contributed by atoms with E-state index in [0.717, 1.165) is 12.8 Å². The number of carbonyl (C=O) groups is 3. The van der Waals surface area contributed by atoms with Crippen LogP contribution in [-0.4, -0.2) is 120 Å². The number of hydrogen-bond acceptors (Lipinski definition) is 9. The molecule has 0 bridgehead atoms. The van der Waals surface area contributed by atoms with Crippen LogP contribution >= 0.6 is 0 Å². The van der Waals surface area contributed by atoms with Crippen molar-refractivity contribution in [1.29, 1.82) is 0 Å². The molecular weight excluding hydrogens is 576 g/mol. The molecular formula is C33H56N6O6. The summed E-state index contributed by atoms with van der Waals surface area (Å²) in [6, 6.07) is -0.415. The van der Waals surface area contributed by atoms with Gasteiger partial charge in [0.1, 0.15) is 22.8 Å². The van der Waals surface area contributed by atoms with Gasteiger partial charge in [-0.1, -0.05) is 34.6 Å². The number of ether oxygens (including phenoxy) is 3. The summed E-state index contributed by atoms with van der Waals surface area (Å²) in [5.74, 6) is 0.503. The van der Waals surface area contributed by atoms with E-state index >= 15 is 0 Å². The highest BCUT2D eigenvalue weighted by Crippen LogP contribution is 2.29. The standard InChI is InChI=1S/C33H56N6O6/c1-23(2)20-39(29(41)26-19-35-30(32(3,4)5)36-27(26)34-12-10-15-43-9)25-18-24(28(40)37-13-11-16-44-17-14-37)21-38(22-25)31(42)45-33(6,7)8/h19,23-25H,10-18,20-22H2,1-9H3,(H,34,35,36)/t24-,25+/m1/s1. The van der Waals surface area contributed by atoms with Crippen LogP contribution in [0.4, 0.5) is 10.6 Å². The maximum absolute atomic E-state index is 14.5. The number of carbonyl (C=O) groups excluding carboxylic acids is 3. The highest BCUT2D eigenvalue weighted by atomic mass is 16.6. The van der Waals surface area contributed by atoms with Gasteiger partial charge in [-0.2, -0.15) is 0 Å². The molecule has 3 rings (SSSR count). The fourth-order valence-corrected chi connectivity index (χ4v) is 5.58. The Morgan fingerprint density at radius 1 is 1.09 bits per heavy atom. The number of nitrogens with zero attached hydrogens (tertiary/aromatic N) is 5. The Kier molecular flexibility index (Phi) is 13.0. The number of rotatable bonds is 10. The van der Waals surface area contributed by atoms with Gasteiger partial charge in [-0.15, -0.1) is 0 Å². The van der Waals surface area contributed by atoms with Gasteiger partial charge in [-0.25, -0.2) is 14.8 Å². The number of aromatic nitrogens is 2. The lowest BCUT2D eigenvalue weighted by Gasteiger charge is -2.44. The van der Waals surface area contributed by atoms with E-state index in [1.54, 1.807) is 18.2 Å². The minimum absolute atomic E-state index is 0.0194. The topological polar surface area (TPSA) is 126 Å². The molecule has 3 amide bonds. The molecule has 3 heterocycles. The van der Waals surface area contributed by atoms with E-state index < -0.39 is 23.7 Å². The minimum Gasteiger partial charge on any atom is -0.444 e. The fourth-order valence-electron chi connectivity index (χ4n) is 5.58. The molecule has 0 radical (unpaired) electrons. The summed E-state index contributed by atoms with van der Waals surface area (Å²) in [6.45, 7) is 20.0. The summed E-state index contributed by atoms with van der Waals surface area (Å²) in [4.78, 5) is 56.5. The van der Waals surface area contributed by atoms with Gasteiger partial charge in [0.15, 0.2) is 0 Å². The predicted octanol–water partition coefficient (Wildman–Crippen LogP) is 4.20. The Balaban J connectivity index is 1.99. The minimum atomic E-state index is -0.700. The average molecular weight is 633 g/mol. The highest BCUT2D eigenvalue weighted by molar-refractivity contribution is 5.98. The SMILES string of the molecule is COCCCNc1nc(C(C)(C)C)ncc1C(=O)N(CC(C)C)[C@H]1C[C@@H](C(=O)N2CCCOCC2)CN(C(=O)OC(C)(C)C)C1. The third kappa shape index (κ3) is 10.8. The molecule has 12 nitrogen and oxygen atoms in total. The third-order valence-corrected chi connectivity index (χ3v) is 7.73. The smallest absolute Gasteiger partial charge is 0.410 e. The van der Waals surface area contributed by atoms with Gasteiger partial charge in [-0.05, 0) is 46.0 Å². The van der Waals surface area contributed by atoms with E-state index in [1.807, 2.05) is 51.3 Å². The molecule has 2 fully saturated rings. The molecule has 0 saturated carbocycles. The molecule has 45 heavy (non-hydrogen) atoms. The van der Waals surface area contributed by atoms with Crippen molar-refractivity contribution in [3.05, 3.63) is 17.6 Å². The molecule has 1 aromatic rings. The Labute approximate surface area is 269 Å². The second-order valence-electron chi connectivity index (χ2n) is 14.6. The number of piperidine rings is 1. The molecule has 254 valence electrons. The van der Waals surface area contributed by atoms with Gasteiger partial charge in [0.25, 0.3) is 5.91 Å². The normalized spacial score (nSPS) is 19.7. The lowest BCUT2D eigenvalue weighted by molar-refractivity contribution is -0.138. The molecule has 2 aliphatic heterocycles. The molecule has 2 aliphatic rings. The van der Waals surface area contributed by atoms with Crippen LogP contribution in [0.2, 0.25) is 0 Å². The third-order valence-electron chi connectivity index (χ3n) is 7.73. The van der Waals surface area contributed by atoms with Crippen molar-refractivity contribution in [2.75, 3.05) is 71.5 Å². The lowest BCUT2D eigenvalue weighted by Crippen LogP contribution is -2.58. The van der Waals surface area contributed by atoms with Gasteiger partial charge in [0.2, 0.25) is 5.91 Å². The van der Waals surface area contributed by atoms with Crippen LogP contribution in [0.15, 0.2) is 6.20 Å². The van der Waals surface area contributed by atoms with E-state index in [2.05, 4.69) is 24.1 Å². The number of amides is 3. The monoisotopic (exact) mass is 632 g/mol. The number of anilines is 1. The zero-order valence-electron chi connectivity index (χ0n) is 29.0. The number of nitrogens with one attached hydrogen (secondary N) is 1. The first-order chi connectivity index (χ1) is 21.1. The summed E-state index contributed by atoms with van der Waals surface area (Å²) in [7, 11) is 1.66. The molecule has 0 aliphatic carbocycles. The summed E-state index contributed by atoms with van der Waals surface area (Å²) in [5, 5.41) is 3.35. The van der Waals surface area contributed by atoms with E-state index in [4.69, 9.17) is 19.2 Å². The summed E-state index contributed by atoms with van der Waals surface area (Å²) >= 11 is 0. The van der Waals surface area contributed by atoms with Gasteiger partial charge in [-0.3, -0.25) is 9.59 Å². The van der Waals surface area contributed by atoms with Crippen LogP contribution in [0.1, 0.15) is 90.8 Å². The first kappa shape index (κ1) is 36.5. The summed E-state index contributed by atoms with van der Waals surface area (Å²) in [5.41, 5.74) is -0.650. The largest absolute Gasteiger partial charge is 0.444 e. The zero-order valence-corrected chi connectivity index (χ0v) is 29.0. The maximum Gasteiger partial charge on any atom is 0.410 e. The predicted molar refractivity (Wildman–Crippen MR) is 173 cm³/mol. The highest BCUT2D eigenvalue weighted by Gasteiger charge is 2.41. The van der Waals surface area contributed by atoms with Crippen LogP contribution in [0.25, 0.3) is 0 Å². The van der Waals surface area contributed by atoms with Crippen molar-refractivity contribution < 1.29 is 28.6 Å². The molecule has 2 saturated heterocycles. The van der Waals surface area contributed by atoms with Crippen molar-refractivity contribution >= 4 is 23.7 Å². The lowest BCUT2D eigenvalue weighted by atomic mass is 9.91. The molecule has 1 aromatic heterocycles. The first-order valence-electron chi connectivity index (χ1n) is 16.4. The van der Waals surface area contributed by atoms with Crippen LogP contribution in [-0.2, 0) is 24.4 Å². The van der Waals surface area contributed by atoms with Crippen LogP contribution in [0.5, 0.6) is 0 Å². The van der Waals surface area contributed by atoms with Crippen LogP contribution < -0.4 is 5.32 Å². The number of hydrogen-bond donors (Lipinski definition) is 1. The Bertz CT molecular complexity index is 1140. The van der Waals surface area contributed by atoms with Crippen molar-refractivity contribution in [2.24, 2.45) is 11.8 Å². The Morgan fingerprint density at radius 2 is 1.82 bits per heavy atom. The summed E-state index contributed by atoms with van der Waals surface area (Å²) in [6.07, 6.45) is 3.06. The molecule has 0 unspecified atom stereocenters. The molecule has 0 spiro atoms. The van der Waals surface area contributed by atoms with Crippen molar-refractivity contribution in [3.8, 4) is 0 Å². The maximum atomic E-state index is 14.5. The van der Waals surface area contributed by atoms with Crippen molar-refractivity contribution in [2.45, 2.75) is 91.7 Å². The quantitative estimate of drug-likeness (QED) is 0.378. The fraction of sp³-hybridized carbons (Fsp3) is 0.788. The van der Waals surface area contributed by atoms with Gasteiger partial charge in [0, 0.05) is 71.2 Å². The van der Waals surface area contributed by atoms with E-state index in [9.17, 15) is 14.4 Å². The average Bonchev–Trinajstić information content (AvgIpc) is 3.25. The van der Waals surface area contributed by atoms with Gasteiger partial charge >= 0.3 is 6.09 Å². The van der Waals surface area contributed by atoms with Crippen molar-refractivity contribution in [1.82, 2.24) is 24.7 Å². The molecule has 2 atom stereocenters. The zero-order chi connectivity index (χ0) is 33.4. The van der Waals surface area contributed by atoms with E-state index in [1.165, 1.54) is 0 Å². The summed E-state index contributed by atoms with van der Waals surface area (Å²) < 4.78 is 16.5. The second kappa shape index (κ2) is 16.0. The van der Waals surface area contributed by atoms with E-state index in [0.29, 0.717) is 69.6 Å². The van der Waals surface area contributed by atoms with E-state index in [-0.39, 0.29) is 36.2 Å². The van der Waals surface area contributed by atoms with Crippen LogP contribution in [0.3, 0.4) is 0 Å². The molecule has 0 aromatic carbocycles.